The van der Waals surface area contributed by atoms with E-state index in [-0.39, 0.29) is 6.61 Å². The van der Waals surface area contributed by atoms with Crippen LogP contribution < -0.4 is 5.32 Å². The Balaban J connectivity index is 2.00. The van der Waals surface area contributed by atoms with Gasteiger partial charge in [0, 0.05) is 17.8 Å². The molecule has 1 aromatic heterocycles. The molecule has 0 bridgehead atoms. The third kappa shape index (κ3) is 3.13. The normalized spacial score (nSPS) is 16.5. The molecule has 2 aromatic rings. The first kappa shape index (κ1) is 16.5. The van der Waals surface area contributed by atoms with Gasteiger partial charge >= 0.3 is 5.97 Å². The summed E-state index contributed by atoms with van der Waals surface area (Å²) in [5.74, 6) is 0.152. The molecule has 1 atom stereocenters. The zero-order valence-corrected chi connectivity index (χ0v) is 14.1. The van der Waals surface area contributed by atoms with E-state index in [4.69, 9.17) is 21.1 Å². The molecule has 0 fully saturated rings. The van der Waals surface area contributed by atoms with Crippen LogP contribution in [-0.2, 0) is 14.3 Å². The van der Waals surface area contributed by atoms with Crippen molar-refractivity contribution in [1.82, 2.24) is 14.8 Å². The molecule has 0 spiro atoms. The van der Waals surface area contributed by atoms with E-state index in [9.17, 15) is 4.79 Å². The van der Waals surface area contributed by atoms with Crippen molar-refractivity contribution in [2.24, 2.45) is 0 Å². The second-order valence-electron chi connectivity index (χ2n) is 5.27. The second kappa shape index (κ2) is 7.02. The molecule has 0 radical (unpaired) electrons. The standard InChI is InChI=1S/C16H17ClN4O3/c1-10-13(15(22)24-8-7-23-2)14(11-3-5-12(17)6-4-11)21-16(20-10)18-9-19-21/h3-6,9,14H,7-8H2,1-2H3,(H,18,19,20)/t14-/m1/s1. The third-order valence-corrected chi connectivity index (χ3v) is 3.97. The average molecular weight is 349 g/mol. The number of benzene rings is 1. The Morgan fingerprint density at radius 2 is 2.08 bits per heavy atom. The van der Waals surface area contributed by atoms with Crippen molar-refractivity contribution < 1.29 is 14.3 Å². The van der Waals surface area contributed by atoms with Crippen LogP contribution in [0.5, 0.6) is 0 Å². The summed E-state index contributed by atoms with van der Waals surface area (Å²) in [4.78, 5) is 16.8. The number of fused-ring (bicyclic) bond motifs is 1. The zero-order valence-electron chi connectivity index (χ0n) is 13.3. The first-order valence-corrected chi connectivity index (χ1v) is 7.78. The lowest BCUT2D eigenvalue weighted by atomic mass is 9.96. The number of nitrogens with zero attached hydrogens (tertiary/aromatic N) is 3. The number of ether oxygens (including phenoxy) is 2. The lowest BCUT2D eigenvalue weighted by Crippen LogP contribution is -2.30. The number of carbonyl (C=O) groups is 1. The second-order valence-corrected chi connectivity index (χ2v) is 5.71. The largest absolute Gasteiger partial charge is 0.460 e. The molecule has 0 aliphatic carbocycles. The molecule has 1 aliphatic rings. The topological polar surface area (TPSA) is 78.3 Å². The molecule has 0 saturated heterocycles. The molecule has 7 nitrogen and oxygen atoms in total. The predicted octanol–water partition coefficient (Wildman–Crippen LogP) is 2.41. The summed E-state index contributed by atoms with van der Waals surface area (Å²) in [6, 6.07) is 6.84. The van der Waals surface area contributed by atoms with Gasteiger partial charge in [0.25, 0.3) is 0 Å². The van der Waals surface area contributed by atoms with Gasteiger partial charge in [0.15, 0.2) is 0 Å². The summed E-state index contributed by atoms with van der Waals surface area (Å²) in [7, 11) is 1.55. The van der Waals surface area contributed by atoms with Crippen LogP contribution in [0.2, 0.25) is 5.02 Å². The number of rotatable bonds is 5. The number of nitrogens with one attached hydrogen (secondary N) is 1. The number of aromatic nitrogens is 3. The van der Waals surface area contributed by atoms with Gasteiger partial charge in [0.1, 0.15) is 19.0 Å². The first-order chi connectivity index (χ1) is 11.6. The Morgan fingerprint density at radius 3 is 2.79 bits per heavy atom. The van der Waals surface area contributed by atoms with Crippen molar-refractivity contribution in [3.05, 3.63) is 52.4 Å². The minimum atomic E-state index is -0.434. The fraction of sp³-hybridized carbons (Fsp3) is 0.312. The smallest absolute Gasteiger partial charge is 0.338 e. The van der Waals surface area contributed by atoms with Crippen LogP contribution in [0.15, 0.2) is 41.9 Å². The van der Waals surface area contributed by atoms with E-state index in [0.29, 0.717) is 28.8 Å². The van der Waals surface area contributed by atoms with Gasteiger partial charge in [-0.2, -0.15) is 10.1 Å². The Morgan fingerprint density at radius 1 is 1.33 bits per heavy atom. The van der Waals surface area contributed by atoms with E-state index >= 15 is 0 Å². The molecule has 0 amide bonds. The van der Waals surface area contributed by atoms with Crippen molar-refractivity contribution >= 4 is 23.5 Å². The van der Waals surface area contributed by atoms with Crippen LogP contribution >= 0.6 is 11.6 Å². The molecular weight excluding hydrogens is 332 g/mol. The van der Waals surface area contributed by atoms with Crippen molar-refractivity contribution in [3.63, 3.8) is 0 Å². The number of allylic oxidation sites excluding steroid dienone is 1. The maximum absolute atomic E-state index is 12.6. The Labute approximate surface area is 144 Å². The zero-order chi connectivity index (χ0) is 17.1. The lowest BCUT2D eigenvalue weighted by molar-refractivity contribution is -0.140. The van der Waals surface area contributed by atoms with Gasteiger partial charge in [0.2, 0.25) is 5.95 Å². The first-order valence-electron chi connectivity index (χ1n) is 7.40. The van der Waals surface area contributed by atoms with Crippen molar-refractivity contribution in [2.45, 2.75) is 13.0 Å². The lowest BCUT2D eigenvalue weighted by Gasteiger charge is -2.28. The van der Waals surface area contributed by atoms with Gasteiger partial charge in [-0.3, -0.25) is 0 Å². The van der Waals surface area contributed by atoms with Crippen molar-refractivity contribution in [3.8, 4) is 0 Å². The minimum Gasteiger partial charge on any atom is -0.460 e. The number of anilines is 1. The fourth-order valence-corrected chi connectivity index (χ4v) is 2.73. The van der Waals surface area contributed by atoms with Gasteiger partial charge < -0.3 is 14.8 Å². The highest BCUT2D eigenvalue weighted by molar-refractivity contribution is 6.30. The summed E-state index contributed by atoms with van der Waals surface area (Å²) in [6.07, 6.45) is 1.44. The van der Waals surface area contributed by atoms with Crippen LogP contribution in [-0.4, -0.2) is 41.1 Å². The summed E-state index contributed by atoms with van der Waals surface area (Å²) in [5.41, 5.74) is 2.02. The molecule has 2 heterocycles. The van der Waals surface area contributed by atoms with Crippen molar-refractivity contribution in [2.75, 3.05) is 25.6 Å². The number of esters is 1. The van der Waals surface area contributed by atoms with E-state index in [1.165, 1.54) is 6.33 Å². The SMILES string of the molecule is COCCOC(=O)C1=C(C)Nc2ncnn2[C@@H]1c1ccc(Cl)cc1. The third-order valence-electron chi connectivity index (χ3n) is 3.72. The molecule has 1 aliphatic heterocycles. The predicted molar refractivity (Wildman–Crippen MR) is 88.8 cm³/mol. The molecule has 8 heteroatoms. The van der Waals surface area contributed by atoms with Gasteiger partial charge in [-0.1, -0.05) is 23.7 Å². The number of methoxy groups -OCH3 is 1. The Bertz CT molecular complexity index is 770. The highest BCUT2D eigenvalue weighted by atomic mass is 35.5. The number of hydrogen-bond donors (Lipinski definition) is 1. The van der Waals surface area contributed by atoms with Gasteiger partial charge in [0.05, 0.1) is 12.2 Å². The number of hydrogen-bond acceptors (Lipinski definition) is 6. The minimum absolute atomic E-state index is 0.184. The number of halogens is 1. The molecule has 1 aromatic carbocycles. The molecule has 1 N–H and O–H groups in total. The molecule has 0 saturated carbocycles. The molecular formula is C16H17ClN4O3. The van der Waals surface area contributed by atoms with E-state index in [1.807, 2.05) is 19.1 Å². The van der Waals surface area contributed by atoms with Gasteiger partial charge in [-0.05, 0) is 24.6 Å². The monoisotopic (exact) mass is 348 g/mol. The Kier molecular flexibility index (Phi) is 4.82. The molecule has 0 unspecified atom stereocenters. The molecule has 126 valence electrons. The van der Waals surface area contributed by atoms with E-state index < -0.39 is 12.0 Å². The maximum atomic E-state index is 12.6. The summed E-state index contributed by atoms with van der Waals surface area (Å²) >= 11 is 5.98. The highest BCUT2D eigenvalue weighted by Crippen LogP contribution is 2.35. The van der Waals surface area contributed by atoms with Gasteiger partial charge in [-0.15, -0.1) is 0 Å². The fourth-order valence-electron chi connectivity index (χ4n) is 2.60. The van der Waals surface area contributed by atoms with Crippen LogP contribution in [0.1, 0.15) is 18.5 Å². The maximum Gasteiger partial charge on any atom is 0.338 e. The van der Waals surface area contributed by atoms with Gasteiger partial charge in [-0.25, -0.2) is 9.48 Å². The summed E-state index contributed by atoms with van der Waals surface area (Å²) < 4.78 is 11.9. The summed E-state index contributed by atoms with van der Waals surface area (Å²) in [6.45, 7) is 2.34. The van der Waals surface area contributed by atoms with E-state index in [0.717, 1.165) is 5.56 Å². The molecule has 3 rings (SSSR count). The Hall–Kier alpha value is -2.38. The van der Waals surface area contributed by atoms with Crippen LogP contribution in [0.4, 0.5) is 5.95 Å². The van der Waals surface area contributed by atoms with Crippen LogP contribution in [0.3, 0.4) is 0 Å². The highest BCUT2D eigenvalue weighted by Gasteiger charge is 2.34. The quantitative estimate of drug-likeness (QED) is 0.660. The average Bonchev–Trinajstić information content (AvgIpc) is 3.02. The van der Waals surface area contributed by atoms with E-state index in [1.54, 1.807) is 23.9 Å². The van der Waals surface area contributed by atoms with E-state index in [2.05, 4.69) is 15.4 Å². The molecule has 24 heavy (non-hydrogen) atoms. The van der Waals surface area contributed by atoms with Crippen molar-refractivity contribution in [1.29, 1.82) is 0 Å². The van der Waals surface area contributed by atoms with Crippen LogP contribution in [0.25, 0.3) is 0 Å². The summed E-state index contributed by atoms with van der Waals surface area (Å²) in [5, 5.41) is 7.95. The van der Waals surface area contributed by atoms with Crippen LogP contribution in [0, 0.1) is 0 Å². The number of carbonyl (C=O) groups excluding carboxylic acids is 1.